The minimum Gasteiger partial charge on any atom is -0.454 e. The van der Waals surface area contributed by atoms with Gasteiger partial charge in [-0.05, 0) is 47.7 Å². The van der Waals surface area contributed by atoms with E-state index >= 15 is 0 Å². The lowest BCUT2D eigenvalue weighted by molar-refractivity contribution is -0.148. The van der Waals surface area contributed by atoms with E-state index in [1.165, 1.54) is 11.3 Å². The number of rotatable bonds is 6. The van der Waals surface area contributed by atoms with Gasteiger partial charge < -0.3 is 10.1 Å². The first-order chi connectivity index (χ1) is 12.9. The van der Waals surface area contributed by atoms with E-state index in [-0.39, 0.29) is 6.54 Å². The van der Waals surface area contributed by atoms with Crippen LogP contribution in [0.15, 0.2) is 29.0 Å². The van der Waals surface area contributed by atoms with Crippen molar-refractivity contribution in [1.29, 1.82) is 0 Å². The molecule has 0 aliphatic rings. The Morgan fingerprint density at radius 1 is 1.33 bits per heavy atom. The van der Waals surface area contributed by atoms with Gasteiger partial charge in [0, 0.05) is 10.9 Å². The Hall–Kier alpha value is -2.78. The van der Waals surface area contributed by atoms with E-state index in [1.807, 2.05) is 36.7 Å². The summed E-state index contributed by atoms with van der Waals surface area (Å²) in [6, 6.07) is 5.50. The molecule has 10 heteroatoms. The standard InChI is InChI=1S/C17H16ClN5O3S/c1-10-5-11(2)16(13(18)6-10)19-14(24)8-26-15(25)7-23-21-17(20-22-23)12-3-4-27-9-12/h3-6,9H,7-8H2,1-2H3,(H,19,24). The molecule has 1 aromatic carbocycles. The van der Waals surface area contributed by atoms with Crippen LogP contribution >= 0.6 is 22.9 Å². The van der Waals surface area contributed by atoms with Crippen molar-refractivity contribution in [3.05, 3.63) is 45.1 Å². The summed E-state index contributed by atoms with van der Waals surface area (Å²) in [5.41, 5.74) is 3.14. The summed E-state index contributed by atoms with van der Waals surface area (Å²) in [6.07, 6.45) is 0. The van der Waals surface area contributed by atoms with Gasteiger partial charge in [0.1, 0.15) is 0 Å². The lowest BCUT2D eigenvalue weighted by Gasteiger charge is -2.11. The van der Waals surface area contributed by atoms with Crippen molar-refractivity contribution in [2.24, 2.45) is 0 Å². The maximum absolute atomic E-state index is 12.0. The van der Waals surface area contributed by atoms with Crippen LogP contribution < -0.4 is 5.32 Å². The molecule has 0 aliphatic heterocycles. The minimum absolute atomic E-state index is 0.241. The molecule has 3 rings (SSSR count). The first kappa shape index (κ1) is 19.0. The number of thiophene rings is 1. The molecule has 0 bridgehead atoms. The molecule has 1 N–H and O–H groups in total. The number of nitrogens with one attached hydrogen (secondary N) is 1. The number of ether oxygens (including phenoxy) is 1. The lowest BCUT2D eigenvalue weighted by atomic mass is 10.1. The first-order valence-corrected chi connectivity index (χ1v) is 9.27. The summed E-state index contributed by atoms with van der Waals surface area (Å²) in [6.45, 7) is 3.07. The van der Waals surface area contributed by atoms with Gasteiger partial charge in [-0.1, -0.05) is 17.7 Å². The van der Waals surface area contributed by atoms with Crippen molar-refractivity contribution in [2.75, 3.05) is 11.9 Å². The monoisotopic (exact) mass is 405 g/mol. The molecule has 1 amide bonds. The Labute approximate surface area is 164 Å². The van der Waals surface area contributed by atoms with E-state index < -0.39 is 18.5 Å². The quantitative estimate of drug-likeness (QED) is 0.633. The van der Waals surface area contributed by atoms with Gasteiger partial charge in [-0.2, -0.15) is 16.1 Å². The van der Waals surface area contributed by atoms with Gasteiger partial charge in [-0.3, -0.25) is 4.79 Å². The number of carbonyl (C=O) groups is 2. The third-order valence-electron chi connectivity index (χ3n) is 3.56. The predicted molar refractivity (Wildman–Crippen MR) is 102 cm³/mol. The van der Waals surface area contributed by atoms with Crippen LogP contribution in [0.5, 0.6) is 0 Å². The molecule has 0 saturated carbocycles. The van der Waals surface area contributed by atoms with Gasteiger partial charge in [0.25, 0.3) is 5.91 Å². The molecule has 0 saturated heterocycles. The van der Waals surface area contributed by atoms with Crippen molar-refractivity contribution in [3.63, 3.8) is 0 Å². The molecule has 2 heterocycles. The van der Waals surface area contributed by atoms with Crippen molar-refractivity contribution in [3.8, 4) is 11.4 Å². The van der Waals surface area contributed by atoms with Crippen LogP contribution in [0.3, 0.4) is 0 Å². The number of esters is 1. The van der Waals surface area contributed by atoms with Gasteiger partial charge >= 0.3 is 5.97 Å². The van der Waals surface area contributed by atoms with Crippen molar-refractivity contribution in [2.45, 2.75) is 20.4 Å². The third kappa shape index (κ3) is 4.89. The topological polar surface area (TPSA) is 99.0 Å². The van der Waals surface area contributed by atoms with E-state index in [4.69, 9.17) is 16.3 Å². The normalized spacial score (nSPS) is 10.6. The Bertz CT molecular complexity index is 948. The maximum Gasteiger partial charge on any atom is 0.330 e. The highest BCUT2D eigenvalue weighted by Gasteiger charge is 2.14. The zero-order valence-corrected chi connectivity index (χ0v) is 16.2. The summed E-state index contributed by atoms with van der Waals surface area (Å²) in [7, 11) is 0. The Morgan fingerprint density at radius 3 is 2.85 bits per heavy atom. The van der Waals surface area contributed by atoms with Crippen LogP contribution in [0.1, 0.15) is 11.1 Å². The van der Waals surface area contributed by atoms with Crippen LogP contribution in [0.25, 0.3) is 11.4 Å². The second-order valence-electron chi connectivity index (χ2n) is 5.80. The predicted octanol–water partition coefficient (Wildman–Crippen LogP) is 2.85. The zero-order chi connectivity index (χ0) is 19.4. The first-order valence-electron chi connectivity index (χ1n) is 7.95. The summed E-state index contributed by atoms with van der Waals surface area (Å²) >= 11 is 7.65. The lowest BCUT2D eigenvalue weighted by Crippen LogP contribution is -2.24. The summed E-state index contributed by atoms with van der Waals surface area (Å²) in [4.78, 5) is 25.0. The highest BCUT2D eigenvalue weighted by atomic mass is 35.5. The molecular weight excluding hydrogens is 390 g/mol. The average molecular weight is 406 g/mol. The molecule has 0 spiro atoms. The molecule has 3 aromatic rings. The molecule has 140 valence electrons. The molecule has 0 radical (unpaired) electrons. The third-order valence-corrected chi connectivity index (χ3v) is 4.54. The molecule has 27 heavy (non-hydrogen) atoms. The smallest absolute Gasteiger partial charge is 0.330 e. The van der Waals surface area contributed by atoms with E-state index in [2.05, 4.69) is 20.7 Å². The highest BCUT2D eigenvalue weighted by Crippen LogP contribution is 2.27. The van der Waals surface area contributed by atoms with E-state index in [1.54, 1.807) is 6.07 Å². The number of hydrogen-bond donors (Lipinski definition) is 1. The van der Waals surface area contributed by atoms with Crippen LogP contribution in [0.2, 0.25) is 5.02 Å². The fraction of sp³-hybridized carbons (Fsp3) is 0.235. The largest absolute Gasteiger partial charge is 0.454 e. The number of tetrazole rings is 1. The number of carbonyl (C=O) groups excluding carboxylic acids is 2. The second kappa shape index (κ2) is 8.28. The highest BCUT2D eigenvalue weighted by molar-refractivity contribution is 7.08. The van der Waals surface area contributed by atoms with Gasteiger partial charge in [0.05, 0.1) is 10.7 Å². The van der Waals surface area contributed by atoms with Crippen molar-refractivity contribution in [1.82, 2.24) is 20.2 Å². The average Bonchev–Trinajstić information content (AvgIpc) is 3.27. The molecule has 0 fully saturated rings. The maximum atomic E-state index is 12.0. The molecule has 0 aliphatic carbocycles. The number of hydrogen-bond acceptors (Lipinski definition) is 7. The number of anilines is 1. The number of halogens is 1. The number of aryl methyl sites for hydroxylation is 2. The fourth-order valence-electron chi connectivity index (χ4n) is 2.37. The molecular formula is C17H16ClN5O3S. The van der Waals surface area contributed by atoms with E-state index in [9.17, 15) is 9.59 Å². The van der Waals surface area contributed by atoms with E-state index in [0.717, 1.165) is 21.5 Å². The molecule has 2 aromatic heterocycles. The Morgan fingerprint density at radius 2 is 2.15 bits per heavy atom. The second-order valence-corrected chi connectivity index (χ2v) is 6.99. The summed E-state index contributed by atoms with van der Waals surface area (Å²) in [5, 5.41) is 18.6. The number of benzene rings is 1. The fourth-order valence-corrected chi connectivity index (χ4v) is 3.38. The van der Waals surface area contributed by atoms with Crippen LogP contribution in [0, 0.1) is 13.8 Å². The molecule has 0 atom stereocenters. The zero-order valence-electron chi connectivity index (χ0n) is 14.6. The van der Waals surface area contributed by atoms with Gasteiger partial charge in [0.15, 0.2) is 13.2 Å². The van der Waals surface area contributed by atoms with Gasteiger partial charge in [-0.15, -0.1) is 10.2 Å². The Kier molecular flexibility index (Phi) is 5.82. The van der Waals surface area contributed by atoms with Crippen molar-refractivity contribution < 1.29 is 14.3 Å². The number of aromatic nitrogens is 4. The molecule has 8 nitrogen and oxygen atoms in total. The summed E-state index contributed by atoms with van der Waals surface area (Å²) < 4.78 is 4.96. The van der Waals surface area contributed by atoms with Crippen molar-refractivity contribution >= 4 is 40.5 Å². The van der Waals surface area contributed by atoms with Crippen LogP contribution in [-0.4, -0.2) is 38.7 Å². The van der Waals surface area contributed by atoms with Gasteiger partial charge in [0.2, 0.25) is 5.82 Å². The molecule has 0 unspecified atom stereocenters. The number of amides is 1. The van der Waals surface area contributed by atoms with Gasteiger partial charge in [-0.25, -0.2) is 4.79 Å². The SMILES string of the molecule is Cc1cc(C)c(NC(=O)COC(=O)Cn2nnc(-c3ccsc3)n2)c(Cl)c1. The van der Waals surface area contributed by atoms with Crippen LogP contribution in [0.4, 0.5) is 5.69 Å². The number of nitrogens with zero attached hydrogens (tertiary/aromatic N) is 4. The summed E-state index contributed by atoms with van der Waals surface area (Å²) in [5.74, 6) is -0.708. The van der Waals surface area contributed by atoms with Crippen LogP contribution in [-0.2, 0) is 20.9 Å². The minimum atomic E-state index is -0.647. The Balaban J connectivity index is 1.51. The van der Waals surface area contributed by atoms with E-state index in [0.29, 0.717) is 16.5 Å².